The molecule has 1 aromatic heterocycles. The molecule has 0 aliphatic heterocycles. The van der Waals surface area contributed by atoms with E-state index >= 15 is 0 Å². The Kier molecular flexibility index (Phi) is 4.28. The maximum Gasteiger partial charge on any atom is 0.145 e. The smallest absolute Gasteiger partial charge is 0.145 e. The van der Waals surface area contributed by atoms with Gasteiger partial charge in [-0.2, -0.15) is 4.40 Å². The van der Waals surface area contributed by atoms with Crippen molar-refractivity contribution in [1.29, 1.82) is 0 Å². The second kappa shape index (κ2) is 5.46. The van der Waals surface area contributed by atoms with Crippen molar-refractivity contribution in [2.45, 2.75) is 32.4 Å². The first kappa shape index (κ1) is 14.9. The van der Waals surface area contributed by atoms with E-state index in [9.17, 15) is 4.21 Å². The summed E-state index contributed by atoms with van der Waals surface area (Å²) >= 11 is 5.17. The number of hydrogen-bond donors (Lipinski definition) is 0. The fourth-order valence-corrected chi connectivity index (χ4v) is 3.56. The zero-order chi connectivity index (χ0) is 14.2. The summed E-state index contributed by atoms with van der Waals surface area (Å²) in [4.78, 5) is 0. The molecule has 1 heterocycles. The van der Waals surface area contributed by atoms with Gasteiger partial charge in [0.25, 0.3) is 0 Å². The molecule has 0 radical (unpaired) electrons. The Morgan fingerprint density at radius 3 is 2.68 bits per heavy atom. The molecule has 0 aliphatic rings. The highest BCUT2D eigenvalue weighted by molar-refractivity contribution is 9.10. The normalized spacial score (nSPS) is 14.9. The van der Waals surface area contributed by atoms with Crippen LogP contribution in [-0.4, -0.2) is 14.7 Å². The number of thiophene rings is 1. The number of hydrogen-bond acceptors (Lipinski definition) is 2. The van der Waals surface area contributed by atoms with E-state index in [1.165, 1.54) is 4.70 Å². The van der Waals surface area contributed by atoms with E-state index < -0.39 is 11.0 Å². The lowest BCUT2D eigenvalue weighted by molar-refractivity contribution is 0.650. The molecule has 0 saturated carbocycles. The van der Waals surface area contributed by atoms with E-state index in [0.717, 1.165) is 21.1 Å². The Balaban J connectivity index is 2.47. The van der Waals surface area contributed by atoms with E-state index in [1.54, 1.807) is 11.3 Å². The van der Waals surface area contributed by atoms with Crippen molar-refractivity contribution in [1.82, 2.24) is 0 Å². The zero-order valence-corrected chi connectivity index (χ0v) is 14.6. The van der Waals surface area contributed by atoms with Gasteiger partial charge in [0.05, 0.1) is 10.5 Å². The molecule has 0 spiro atoms. The first-order valence-electron chi connectivity index (χ1n) is 5.93. The summed E-state index contributed by atoms with van der Waals surface area (Å²) in [6, 6.07) is 6.20. The van der Waals surface area contributed by atoms with Crippen molar-refractivity contribution in [3.63, 3.8) is 0 Å². The van der Waals surface area contributed by atoms with Crippen LogP contribution < -0.4 is 0 Å². The van der Waals surface area contributed by atoms with Crippen LogP contribution in [0.15, 0.2) is 32.4 Å². The lowest BCUT2D eigenvalue weighted by Gasteiger charge is -2.13. The molecular weight excluding hydrogens is 342 g/mol. The van der Waals surface area contributed by atoms with Crippen molar-refractivity contribution in [3.05, 3.63) is 33.6 Å². The third kappa shape index (κ3) is 3.33. The van der Waals surface area contributed by atoms with Crippen LogP contribution in [0, 0.1) is 0 Å². The van der Waals surface area contributed by atoms with Crippen LogP contribution in [0.4, 0.5) is 0 Å². The Hall–Kier alpha value is -0.520. The van der Waals surface area contributed by atoms with Crippen molar-refractivity contribution >= 4 is 54.1 Å². The van der Waals surface area contributed by atoms with Crippen LogP contribution in [-0.2, 0) is 11.0 Å². The number of halogens is 1. The van der Waals surface area contributed by atoms with Crippen molar-refractivity contribution in [3.8, 4) is 0 Å². The van der Waals surface area contributed by atoms with Gasteiger partial charge in [0.15, 0.2) is 0 Å². The van der Waals surface area contributed by atoms with Gasteiger partial charge in [0, 0.05) is 25.5 Å². The maximum atomic E-state index is 12.1. The van der Waals surface area contributed by atoms with E-state index in [4.69, 9.17) is 0 Å². The van der Waals surface area contributed by atoms with Crippen molar-refractivity contribution < 1.29 is 4.21 Å². The Bertz CT molecular complexity index is 668. The number of rotatable bonds is 2. The van der Waals surface area contributed by atoms with E-state index in [0.29, 0.717) is 0 Å². The highest BCUT2D eigenvalue weighted by atomic mass is 79.9. The molecule has 0 bridgehead atoms. The Labute approximate surface area is 128 Å². The van der Waals surface area contributed by atoms with E-state index in [1.807, 2.05) is 33.8 Å². The second-order valence-corrected chi connectivity index (χ2v) is 9.06. The predicted molar refractivity (Wildman–Crippen MR) is 89.6 cm³/mol. The predicted octanol–water partition coefficient (Wildman–Crippen LogP) is 4.94. The molecule has 2 nitrogen and oxygen atoms in total. The van der Waals surface area contributed by atoms with Crippen LogP contribution in [0.3, 0.4) is 0 Å². The summed E-state index contributed by atoms with van der Waals surface area (Å²) in [5.74, 6) is 0. The molecule has 2 rings (SSSR count). The molecule has 0 amide bonds. The molecule has 102 valence electrons. The minimum Gasteiger partial charge on any atom is -0.234 e. The Morgan fingerprint density at radius 1 is 1.37 bits per heavy atom. The summed E-state index contributed by atoms with van der Waals surface area (Å²) in [6.45, 7) is 7.72. The number of fused-ring (bicyclic) bond motifs is 1. The first-order valence-corrected chi connectivity index (χ1v) is 8.71. The van der Waals surface area contributed by atoms with E-state index in [2.05, 4.69) is 37.8 Å². The van der Waals surface area contributed by atoms with Crippen LogP contribution in [0.5, 0.6) is 0 Å². The summed E-state index contributed by atoms with van der Waals surface area (Å²) in [6.07, 6.45) is 0. The van der Waals surface area contributed by atoms with Crippen LogP contribution in [0.1, 0.15) is 33.3 Å². The largest absolute Gasteiger partial charge is 0.234 e. The van der Waals surface area contributed by atoms with Gasteiger partial charge in [-0.1, -0.05) is 15.9 Å². The highest BCUT2D eigenvalue weighted by Gasteiger charge is 2.19. The number of nitrogens with zero attached hydrogens (tertiary/aromatic N) is 1. The van der Waals surface area contributed by atoms with Gasteiger partial charge < -0.3 is 0 Å². The van der Waals surface area contributed by atoms with Gasteiger partial charge in [0.1, 0.15) is 11.0 Å². The summed E-state index contributed by atoms with van der Waals surface area (Å²) < 4.78 is 18.4. The van der Waals surface area contributed by atoms with Gasteiger partial charge in [-0.05, 0) is 45.9 Å². The fraction of sp³-hybridized carbons (Fsp3) is 0.357. The molecule has 0 N–H and O–H groups in total. The van der Waals surface area contributed by atoms with Gasteiger partial charge >= 0.3 is 0 Å². The van der Waals surface area contributed by atoms with Gasteiger partial charge in [-0.3, -0.25) is 0 Å². The van der Waals surface area contributed by atoms with Crippen LogP contribution >= 0.6 is 27.3 Å². The molecule has 0 aliphatic carbocycles. The summed E-state index contributed by atoms with van der Waals surface area (Å²) in [7, 11) is -1.22. The molecule has 0 fully saturated rings. The third-order valence-corrected chi connectivity index (χ3v) is 5.61. The fourth-order valence-electron chi connectivity index (χ4n) is 1.59. The van der Waals surface area contributed by atoms with Gasteiger partial charge in [-0.15, -0.1) is 11.3 Å². The topological polar surface area (TPSA) is 29.4 Å². The lowest BCUT2D eigenvalue weighted by atomic mass is 10.1. The van der Waals surface area contributed by atoms with Gasteiger partial charge in [-0.25, -0.2) is 4.21 Å². The SMILES string of the molecule is C/C(=N\[S@](=O)C(C)(C)C)c1csc2ccc(Br)cc12. The monoisotopic (exact) mass is 357 g/mol. The maximum absolute atomic E-state index is 12.1. The molecule has 2 aromatic rings. The highest BCUT2D eigenvalue weighted by Crippen LogP contribution is 2.29. The number of benzene rings is 1. The molecule has 1 aromatic carbocycles. The molecule has 19 heavy (non-hydrogen) atoms. The summed E-state index contributed by atoms with van der Waals surface area (Å²) in [5.41, 5.74) is 1.90. The van der Waals surface area contributed by atoms with E-state index in [-0.39, 0.29) is 4.75 Å². The average molecular weight is 358 g/mol. The molecule has 1 atom stereocenters. The van der Waals surface area contributed by atoms with Crippen LogP contribution in [0.2, 0.25) is 0 Å². The quantitative estimate of drug-likeness (QED) is 0.700. The average Bonchev–Trinajstić information content (AvgIpc) is 2.70. The molecule has 0 saturated heterocycles. The second-order valence-electron chi connectivity index (χ2n) is 5.33. The van der Waals surface area contributed by atoms with Crippen molar-refractivity contribution in [2.75, 3.05) is 0 Å². The standard InChI is InChI=1S/C14H16BrNOS2/c1-9(16-19(17)14(2,3)4)12-8-18-13-6-5-10(15)7-11(12)13/h5-8H,1-4H3/b16-9+/t19-/m1/s1. The Morgan fingerprint density at radius 2 is 2.05 bits per heavy atom. The lowest BCUT2D eigenvalue weighted by Crippen LogP contribution is -2.20. The minimum atomic E-state index is -1.22. The summed E-state index contributed by atoms with van der Waals surface area (Å²) in [5, 5.41) is 3.24. The molecular formula is C14H16BrNOS2. The third-order valence-electron chi connectivity index (χ3n) is 2.67. The molecule has 0 unspecified atom stereocenters. The first-order chi connectivity index (χ1) is 8.79. The van der Waals surface area contributed by atoms with Crippen LogP contribution in [0.25, 0.3) is 10.1 Å². The van der Waals surface area contributed by atoms with Gasteiger partial charge in [0.2, 0.25) is 0 Å². The minimum absolute atomic E-state index is 0.326. The zero-order valence-electron chi connectivity index (χ0n) is 11.4. The van der Waals surface area contributed by atoms with Crippen molar-refractivity contribution in [2.24, 2.45) is 4.40 Å². The molecule has 5 heteroatoms.